The van der Waals surface area contributed by atoms with Crippen LogP contribution in [0.25, 0.3) is 0 Å². The van der Waals surface area contributed by atoms with E-state index in [1.165, 1.54) is 11.3 Å². The first-order chi connectivity index (χ1) is 12.5. The third-order valence-corrected chi connectivity index (χ3v) is 5.18. The van der Waals surface area contributed by atoms with Gasteiger partial charge in [0.25, 0.3) is 5.91 Å². The predicted octanol–water partition coefficient (Wildman–Crippen LogP) is 3.85. The smallest absolute Gasteiger partial charge is 0.252 e. The first-order valence-electron chi connectivity index (χ1n) is 8.80. The van der Waals surface area contributed by atoms with Crippen LogP contribution in [-0.2, 0) is 0 Å². The highest BCUT2D eigenvalue weighted by Gasteiger charge is 2.17. The topological polar surface area (TPSA) is 35.6 Å². The van der Waals surface area contributed by atoms with Gasteiger partial charge in [-0.1, -0.05) is 35.3 Å². The molecule has 0 unspecified atom stereocenters. The molecule has 2 aromatic rings. The number of carbonyl (C=O) groups excluding carboxylic acids is 1. The molecule has 6 heteroatoms. The van der Waals surface area contributed by atoms with Gasteiger partial charge in [-0.2, -0.15) is 0 Å². The molecule has 4 nitrogen and oxygen atoms in total. The molecule has 0 aromatic heterocycles. The highest BCUT2D eigenvalue weighted by atomic mass is 35.5. The number of benzene rings is 2. The SMILES string of the molecule is Cc1cccc(N2CCN(CCNC(=O)c3ccc(Cl)cc3Cl)CC2)c1. The van der Waals surface area contributed by atoms with Crippen molar-refractivity contribution in [1.82, 2.24) is 10.2 Å². The van der Waals surface area contributed by atoms with Gasteiger partial charge in [0.05, 0.1) is 10.6 Å². The summed E-state index contributed by atoms with van der Waals surface area (Å²) in [5, 5.41) is 3.84. The number of hydrogen-bond acceptors (Lipinski definition) is 3. The number of carbonyl (C=O) groups is 1. The second-order valence-electron chi connectivity index (χ2n) is 6.55. The average molecular weight is 392 g/mol. The highest BCUT2D eigenvalue weighted by Crippen LogP contribution is 2.21. The summed E-state index contributed by atoms with van der Waals surface area (Å²) in [6.45, 7) is 7.54. The van der Waals surface area contributed by atoms with Crippen LogP contribution < -0.4 is 10.2 Å². The molecule has 0 bridgehead atoms. The molecule has 1 N–H and O–H groups in total. The number of amides is 1. The Morgan fingerprint density at radius 2 is 1.85 bits per heavy atom. The van der Waals surface area contributed by atoms with Crippen molar-refractivity contribution < 1.29 is 4.79 Å². The lowest BCUT2D eigenvalue weighted by molar-refractivity contribution is 0.0948. The summed E-state index contributed by atoms with van der Waals surface area (Å²) in [4.78, 5) is 17.0. The molecule has 1 amide bonds. The van der Waals surface area contributed by atoms with Gasteiger partial charge in [0, 0.05) is 50.0 Å². The fourth-order valence-electron chi connectivity index (χ4n) is 3.15. The van der Waals surface area contributed by atoms with Gasteiger partial charge in [0.1, 0.15) is 0 Å². The van der Waals surface area contributed by atoms with Gasteiger partial charge in [-0.25, -0.2) is 0 Å². The molecule has 0 atom stereocenters. The second-order valence-corrected chi connectivity index (χ2v) is 7.39. The van der Waals surface area contributed by atoms with Crippen LogP contribution in [0, 0.1) is 6.92 Å². The third kappa shape index (κ3) is 4.91. The molecule has 1 aliphatic rings. The van der Waals surface area contributed by atoms with Crippen molar-refractivity contribution in [3.63, 3.8) is 0 Å². The Bertz CT molecular complexity index is 773. The Kier molecular flexibility index (Phi) is 6.41. The van der Waals surface area contributed by atoms with Crippen LogP contribution in [0.4, 0.5) is 5.69 Å². The van der Waals surface area contributed by atoms with Gasteiger partial charge in [-0.05, 0) is 42.8 Å². The van der Waals surface area contributed by atoms with Crippen LogP contribution >= 0.6 is 23.2 Å². The van der Waals surface area contributed by atoms with Gasteiger partial charge in [-0.3, -0.25) is 9.69 Å². The number of nitrogens with one attached hydrogen (secondary N) is 1. The average Bonchev–Trinajstić information content (AvgIpc) is 2.62. The van der Waals surface area contributed by atoms with Crippen molar-refractivity contribution in [2.75, 3.05) is 44.2 Å². The number of halogens is 2. The van der Waals surface area contributed by atoms with Crippen LogP contribution in [0.1, 0.15) is 15.9 Å². The first kappa shape index (κ1) is 19.0. The van der Waals surface area contributed by atoms with Crippen molar-refractivity contribution in [2.45, 2.75) is 6.92 Å². The van der Waals surface area contributed by atoms with Crippen molar-refractivity contribution in [1.29, 1.82) is 0 Å². The van der Waals surface area contributed by atoms with E-state index >= 15 is 0 Å². The molecule has 0 spiro atoms. The lowest BCUT2D eigenvalue weighted by atomic mass is 10.2. The van der Waals surface area contributed by atoms with Gasteiger partial charge in [-0.15, -0.1) is 0 Å². The molecule has 3 rings (SSSR count). The number of hydrogen-bond donors (Lipinski definition) is 1. The largest absolute Gasteiger partial charge is 0.369 e. The van der Waals surface area contributed by atoms with Gasteiger partial charge in [0.2, 0.25) is 0 Å². The zero-order valence-corrected chi connectivity index (χ0v) is 16.4. The molecule has 0 radical (unpaired) electrons. The summed E-state index contributed by atoms with van der Waals surface area (Å²) in [6.07, 6.45) is 0. The van der Waals surface area contributed by atoms with E-state index in [4.69, 9.17) is 23.2 Å². The zero-order valence-electron chi connectivity index (χ0n) is 14.8. The van der Waals surface area contributed by atoms with E-state index in [1.54, 1.807) is 18.2 Å². The van der Waals surface area contributed by atoms with E-state index < -0.39 is 0 Å². The normalized spacial score (nSPS) is 15.1. The molecule has 138 valence electrons. The molecule has 0 saturated carbocycles. The van der Waals surface area contributed by atoms with Crippen LogP contribution in [0.3, 0.4) is 0 Å². The van der Waals surface area contributed by atoms with Crippen molar-refractivity contribution in [3.8, 4) is 0 Å². The van der Waals surface area contributed by atoms with Crippen LogP contribution in [0.15, 0.2) is 42.5 Å². The van der Waals surface area contributed by atoms with Crippen molar-refractivity contribution in [2.24, 2.45) is 0 Å². The zero-order chi connectivity index (χ0) is 18.5. The molecule has 1 saturated heterocycles. The highest BCUT2D eigenvalue weighted by molar-refractivity contribution is 6.36. The van der Waals surface area contributed by atoms with Crippen molar-refractivity contribution >= 4 is 34.8 Å². The predicted molar refractivity (Wildman–Crippen MR) is 109 cm³/mol. The van der Waals surface area contributed by atoms with Gasteiger partial charge < -0.3 is 10.2 Å². The van der Waals surface area contributed by atoms with E-state index in [2.05, 4.69) is 46.3 Å². The summed E-state index contributed by atoms with van der Waals surface area (Å²) < 4.78 is 0. The van der Waals surface area contributed by atoms with Crippen LogP contribution in [-0.4, -0.2) is 50.1 Å². The number of piperazine rings is 1. The quantitative estimate of drug-likeness (QED) is 0.840. The summed E-state index contributed by atoms with van der Waals surface area (Å²) >= 11 is 11.9. The van der Waals surface area contributed by atoms with Crippen molar-refractivity contribution in [3.05, 3.63) is 63.6 Å². The maximum atomic E-state index is 12.2. The molecule has 1 heterocycles. The fourth-order valence-corrected chi connectivity index (χ4v) is 3.65. The van der Waals surface area contributed by atoms with E-state index in [1.807, 2.05) is 0 Å². The Morgan fingerprint density at radius 1 is 1.08 bits per heavy atom. The maximum Gasteiger partial charge on any atom is 0.252 e. The van der Waals surface area contributed by atoms with Crippen LogP contribution in [0.5, 0.6) is 0 Å². The molecular weight excluding hydrogens is 369 g/mol. The minimum absolute atomic E-state index is 0.162. The summed E-state index contributed by atoms with van der Waals surface area (Å²) in [7, 11) is 0. The second kappa shape index (κ2) is 8.76. The molecular formula is C20H23Cl2N3O. The van der Waals surface area contributed by atoms with E-state index in [-0.39, 0.29) is 5.91 Å². The first-order valence-corrected chi connectivity index (χ1v) is 9.56. The Hall–Kier alpha value is -1.75. The summed E-state index contributed by atoms with van der Waals surface area (Å²) in [6, 6.07) is 13.5. The Labute approximate surface area is 164 Å². The fraction of sp³-hybridized carbons (Fsp3) is 0.350. The van der Waals surface area contributed by atoms with E-state index in [0.717, 1.165) is 32.7 Å². The minimum Gasteiger partial charge on any atom is -0.369 e. The summed E-state index contributed by atoms with van der Waals surface area (Å²) in [5.41, 5.74) is 3.03. The number of rotatable bonds is 5. The summed E-state index contributed by atoms with van der Waals surface area (Å²) in [5.74, 6) is -0.162. The standard InChI is InChI=1S/C20H23Cl2N3O/c1-15-3-2-4-17(13-15)25-11-9-24(10-12-25)8-7-23-20(26)18-6-5-16(21)14-19(18)22/h2-6,13-14H,7-12H2,1H3,(H,23,26). The monoisotopic (exact) mass is 391 g/mol. The third-order valence-electron chi connectivity index (χ3n) is 4.63. The molecule has 1 aliphatic heterocycles. The Balaban J connectivity index is 1.43. The number of aryl methyl sites for hydroxylation is 1. The molecule has 0 aliphatic carbocycles. The molecule has 2 aromatic carbocycles. The molecule has 26 heavy (non-hydrogen) atoms. The minimum atomic E-state index is -0.162. The van der Waals surface area contributed by atoms with Gasteiger partial charge in [0.15, 0.2) is 0 Å². The van der Waals surface area contributed by atoms with Gasteiger partial charge >= 0.3 is 0 Å². The lowest BCUT2D eigenvalue weighted by Crippen LogP contribution is -2.48. The lowest BCUT2D eigenvalue weighted by Gasteiger charge is -2.36. The van der Waals surface area contributed by atoms with E-state index in [0.29, 0.717) is 22.2 Å². The Morgan fingerprint density at radius 3 is 2.54 bits per heavy atom. The molecule has 1 fully saturated rings. The van der Waals surface area contributed by atoms with E-state index in [9.17, 15) is 4.79 Å². The number of nitrogens with zero attached hydrogens (tertiary/aromatic N) is 2. The van der Waals surface area contributed by atoms with Crippen LogP contribution in [0.2, 0.25) is 10.0 Å². The number of anilines is 1. The maximum absolute atomic E-state index is 12.2.